The normalized spacial score (nSPS) is 18.0. The largest absolute Gasteiger partial charge is 0.300 e. The second-order valence-corrected chi connectivity index (χ2v) is 7.38. The van der Waals surface area contributed by atoms with Gasteiger partial charge in [0.25, 0.3) is 5.91 Å². The van der Waals surface area contributed by atoms with Gasteiger partial charge in [0.05, 0.1) is 10.6 Å². The van der Waals surface area contributed by atoms with Gasteiger partial charge in [-0.3, -0.25) is 4.79 Å². The molecule has 2 aromatic carbocycles. The van der Waals surface area contributed by atoms with Crippen molar-refractivity contribution in [3.63, 3.8) is 0 Å². The number of hydrogen-bond acceptors (Lipinski definition) is 3. The molecule has 0 unspecified atom stereocenters. The van der Waals surface area contributed by atoms with Crippen LogP contribution in [0.15, 0.2) is 67.4 Å². The van der Waals surface area contributed by atoms with Crippen LogP contribution < -0.4 is 5.32 Å². The van der Waals surface area contributed by atoms with Crippen LogP contribution >= 0.6 is 43.6 Å². The third-order valence-corrected chi connectivity index (χ3v) is 4.79. The molecular weight excluding hydrogens is 428 g/mol. The molecule has 0 bridgehead atoms. The van der Waals surface area contributed by atoms with Gasteiger partial charge in [-0.1, -0.05) is 44.0 Å². The second kappa shape index (κ2) is 6.81. The summed E-state index contributed by atoms with van der Waals surface area (Å²) in [6, 6.07) is 15.4. The summed E-state index contributed by atoms with van der Waals surface area (Å²) in [6.07, 6.45) is 1.86. The molecule has 0 aromatic heterocycles. The van der Waals surface area contributed by atoms with Gasteiger partial charge in [-0.05, 0) is 59.8 Å². The Bertz CT molecular complexity index is 785. The number of benzene rings is 2. The summed E-state index contributed by atoms with van der Waals surface area (Å²) in [7, 11) is 0. The molecule has 3 nitrogen and oxygen atoms in total. The number of carbonyl (C=O) groups is 1. The monoisotopic (exact) mass is 436 g/mol. The maximum Gasteiger partial charge on any atom is 0.264 e. The van der Waals surface area contributed by atoms with Crippen LogP contribution in [0.1, 0.15) is 5.56 Å². The molecule has 0 radical (unpaired) electrons. The molecule has 0 spiro atoms. The van der Waals surface area contributed by atoms with Crippen LogP contribution in [0.25, 0.3) is 6.08 Å². The van der Waals surface area contributed by atoms with E-state index in [1.54, 1.807) is 0 Å². The quantitative estimate of drug-likeness (QED) is 0.663. The van der Waals surface area contributed by atoms with Gasteiger partial charge < -0.3 is 5.32 Å². The third-order valence-electron chi connectivity index (χ3n) is 2.85. The van der Waals surface area contributed by atoms with E-state index in [9.17, 15) is 4.79 Å². The van der Waals surface area contributed by atoms with Gasteiger partial charge in [0, 0.05) is 8.95 Å². The first-order valence-corrected chi connectivity index (χ1v) is 8.81. The van der Waals surface area contributed by atoms with Gasteiger partial charge in [0.1, 0.15) is 0 Å². The van der Waals surface area contributed by atoms with Crippen molar-refractivity contribution < 1.29 is 4.79 Å². The Hall–Kier alpha value is -1.37. The predicted octanol–water partition coefficient (Wildman–Crippen LogP) is 5.10. The Labute approximate surface area is 149 Å². The van der Waals surface area contributed by atoms with Gasteiger partial charge in [-0.2, -0.15) is 0 Å². The summed E-state index contributed by atoms with van der Waals surface area (Å²) in [6.45, 7) is 0. The van der Waals surface area contributed by atoms with Crippen molar-refractivity contribution in [2.45, 2.75) is 0 Å². The lowest BCUT2D eigenvalue weighted by molar-refractivity contribution is -0.115. The summed E-state index contributed by atoms with van der Waals surface area (Å²) < 4.78 is 1.98. The maximum absolute atomic E-state index is 12.0. The number of rotatable bonds is 2. The van der Waals surface area contributed by atoms with Crippen LogP contribution in [0, 0.1) is 0 Å². The number of carbonyl (C=O) groups excluding carboxylic acids is 1. The molecule has 2 aromatic rings. The number of thioether (sulfide) groups is 1. The van der Waals surface area contributed by atoms with Gasteiger partial charge in [-0.25, -0.2) is 4.99 Å². The minimum Gasteiger partial charge on any atom is -0.300 e. The fraction of sp³-hybridized carbons (Fsp3) is 0. The highest BCUT2D eigenvalue weighted by molar-refractivity contribution is 9.10. The molecule has 1 fully saturated rings. The van der Waals surface area contributed by atoms with Crippen molar-refractivity contribution in [1.82, 2.24) is 5.32 Å². The third kappa shape index (κ3) is 3.88. The van der Waals surface area contributed by atoms with E-state index in [-0.39, 0.29) is 5.91 Å². The Morgan fingerprint density at radius 2 is 1.82 bits per heavy atom. The number of aliphatic imine (C=N–C) groups is 1. The first-order chi connectivity index (χ1) is 10.6. The molecule has 6 heteroatoms. The van der Waals surface area contributed by atoms with E-state index in [4.69, 9.17) is 0 Å². The molecule has 1 saturated heterocycles. The Kier molecular flexibility index (Phi) is 4.81. The first kappa shape index (κ1) is 15.5. The van der Waals surface area contributed by atoms with Crippen molar-refractivity contribution >= 4 is 66.5 Å². The first-order valence-electron chi connectivity index (χ1n) is 6.41. The van der Waals surface area contributed by atoms with Crippen molar-refractivity contribution in [2.24, 2.45) is 4.99 Å². The highest BCUT2D eigenvalue weighted by Crippen LogP contribution is 2.28. The minimum absolute atomic E-state index is 0.124. The zero-order chi connectivity index (χ0) is 15.5. The highest BCUT2D eigenvalue weighted by atomic mass is 79.9. The summed E-state index contributed by atoms with van der Waals surface area (Å²) in [5.74, 6) is -0.124. The van der Waals surface area contributed by atoms with Crippen molar-refractivity contribution in [3.8, 4) is 0 Å². The zero-order valence-corrected chi connectivity index (χ0v) is 15.2. The van der Waals surface area contributed by atoms with Crippen molar-refractivity contribution in [1.29, 1.82) is 0 Å². The molecule has 3 rings (SSSR count). The van der Waals surface area contributed by atoms with Crippen LogP contribution in [-0.4, -0.2) is 11.1 Å². The molecular formula is C16H10Br2N2OS. The van der Waals surface area contributed by atoms with Gasteiger partial charge in [0.15, 0.2) is 5.17 Å². The fourth-order valence-electron chi connectivity index (χ4n) is 1.86. The van der Waals surface area contributed by atoms with Crippen LogP contribution in [-0.2, 0) is 4.79 Å². The number of nitrogens with one attached hydrogen (secondary N) is 1. The van der Waals surface area contributed by atoms with E-state index >= 15 is 0 Å². The predicted molar refractivity (Wildman–Crippen MR) is 99.1 cm³/mol. The Morgan fingerprint density at radius 3 is 2.55 bits per heavy atom. The minimum atomic E-state index is -0.124. The summed E-state index contributed by atoms with van der Waals surface area (Å²) >= 11 is 8.15. The van der Waals surface area contributed by atoms with E-state index < -0.39 is 0 Å². The smallest absolute Gasteiger partial charge is 0.264 e. The molecule has 1 aliphatic heterocycles. The number of halogens is 2. The summed E-state index contributed by atoms with van der Waals surface area (Å²) in [5, 5.41) is 3.38. The van der Waals surface area contributed by atoms with Crippen molar-refractivity contribution in [2.75, 3.05) is 0 Å². The van der Waals surface area contributed by atoms with E-state index in [1.807, 2.05) is 54.6 Å². The molecule has 0 atom stereocenters. The van der Waals surface area contributed by atoms with E-state index in [0.717, 1.165) is 20.2 Å². The number of hydrogen-bond donors (Lipinski definition) is 1. The van der Waals surface area contributed by atoms with Crippen LogP contribution in [0.2, 0.25) is 0 Å². The molecule has 0 aliphatic carbocycles. The van der Waals surface area contributed by atoms with Crippen LogP contribution in [0.4, 0.5) is 5.69 Å². The van der Waals surface area contributed by atoms with Gasteiger partial charge >= 0.3 is 0 Å². The highest BCUT2D eigenvalue weighted by Gasteiger charge is 2.23. The zero-order valence-electron chi connectivity index (χ0n) is 11.2. The number of amidine groups is 1. The number of amides is 1. The second-order valence-electron chi connectivity index (χ2n) is 4.51. The fourth-order valence-corrected chi connectivity index (χ4v) is 3.38. The van der Waals surface area contributed by atoms with E-state index in [2.05, 4.69) is 42.2 Å². The van der Waals surface area contributed by atoms with E-state index in [1.165, 1.54) is 11.8 Å². The average molecular weight is 438 g/mol. The maximum atomic E-state index is 12.0. The molecule has 22 heavy (non-hydrogen) atoms. The molecule has 1 heterocycles. The Balaban J connectivity index is 1.82. The molecule has 0 saturated carbocycles. The van der Waals surface area contributed by atoms with Crippen molar-refractivity contribution in [3.05, 3.63) is 67.9 Å². The summed E-state index contributed by atoms with van der Waals surface area (Å²) in [5.41, 5.74) is 1.77. The molecule has 1 aliphatic rings. The Morgan fingerprint density at radius 1 is 1.05 bits per heavy atom. The molecule has 1 amide bonds. The van der Waals surface area contributed by atoms with Gasteiger partial charge in [0.2, 0.25) is 0 Å². The summed E-state index contributed by atoms with van der Waals surface area (Å²) in [4.78, 5) is 17.1. The lowest BCUT2D eigenvalue weighted by Gasteiger charge is -1.96. The lowest BCUT2D eigenvalue weighted by atomic mass is 10.2. The number of nitrogens with zero attached hydrogens (tertiary/aromatic N) is 1. The van der Waals surface area contributed by atoms with Crippen LogP contribution in [0.5, 0.6) is 0 Å². The average Bonchev–Trinajstić information content (AvgIpc) is 2.81. The molecule has 1 N–H and O–H groups in total. The SMILES string of the molecule is O=C1NC(=Nc2ccc(Br)cc2)SC1=Cc1cccc(Br)c1. The van der Waals surface area contributed by atoms with Gasteiger partial charge in [-0.15, -0.1) is 0 Å². The lowest BCUT2D eigenvalue weighted by Crippen LogP contribution is -2.19. The standard InChI is InChI=1S/C16H10Br2N2OS/c17-11-4-6-13(7-5-11)19-16-20-15(21)14(22-16)9-10-2-1-3-12(18)8-10/h1-9H,(H,19,20,21). The molecule has 110 valence electrons. The van der Waals surface area contributed by atoms with E-state index in [0.29, 0.717) is 10.1 Å². The van der Waals surface area contributed by atoms with Crippen LogP contribution in [0.3, 0.4) is 0 Å². The topological polar surface area (TPSA) is 41.5 Å².